The Kier molecular flexibility index (Phi) is 2.98. The van der Waals surface area contributed by atoms with Crippen molar-refractivity contribution in [3.8, 4) is 5.69 Å². The quantitative estimate of drug-likeness (QED) is 0.802. The van der Waals surface area contributed by atoms with Gasteiger partial charge < -0.3 is 4.57 Å². The molecule has 0 saturated heterocycles. The Morgan fingerprint density at radius 1 is 1.33 bits per heavy atom. The molecule has 5 heteroatoms. The first-order valence-corrected chi connectivity index (χ1v) is 5.32. The van der Waals surface area contributed by atoms with Crippen molar-refractivity contribution in [1.82, 2.24) is 9.55 Å². The summed E-state index contributed by atoms with van der Waals surface area (Å²) in [5.74, 6) is 0.216. The number of imidazole rings is 1. The molecular formula is C10H8ClFN2S. The van der Waals surface area contributed by atoms with E-state index in [1.165, 1.54) is 12.1 Å². The monoisotopic (exact) mass is 242 g/mol. The van der Waals surface area contributed by atoms with Crippen molar-refractivity contribution in [2.45, 2.75) is 5.75 Å². The van der Waals surface area contributed by atoms with Crippen LogP contribution in [0.1, 0.15) is 5.69 Å². The van der Waals surface area contributed by atoms with E-state index in [1.807, 2.05) is 0 Å². The van der Waals surface area contributed by atoms with Crippen molar-refractivity contribution in [1.29, 1.82) is 0 Å². The maximum absolute atomic E-state index is 12.7. The van der Waals surface area contributed by atoms with E-state index in [4.69, 9.17) is 11.6 Å². The van der Waals surface area contributed by atoms with Crippen LogP contribution in [0.5, 0.6) is 0 Å². The van der Waals surface area contributed by atoms with Crippen LogP contribution in [0.15, 0.2) is 30.6 Å². The van der Waals surface area contributed by atoms with Gasteiger partial charge in [0.05, 0.1) is 5.69 Å². The molecule has 0 atom stereocenters. The zero-order valence-corrected chi connectivity index (χ0v) is 9.34. The molecule has 0 amide bonds. The van der Waals surface area contributed by atoms with Gasteiger partial charge in [0.15, 0.2) is 5.15 Å². The molecule has 0 bridgehead atoms. The van der Waals surface area contributed by atoms with Crippen molar-refractivity contribution in [2.75, 3.05) is 0 Å². The second kappa shape index (κ2) is 4.24. The number of hydrogen-bond donors (Lipinski definition) is 1. The molecule has 0 N–H and O–H groups in total. The minimum Gasteiger partial charge on any atom is -0.301 e. The first-order valence-electron chi connectivity index (χ1n) is 4.31. The molecule has 2 nitrogen and oxygen atoms in total. The zero-order valence-electron chi connectivity index (χ0n) is 7.69. The Labute approximate surface area is 97.1 Å². The predicted molar refractivity (Wildman–Crippen MR) is 61.2 cm³/mol. The minimum absolute atomic E-state index is 0.266. The fraction of sp³-hybridized carbons (Fsp3) is 0.100. The fourth-order valence-corrected chi connectivity index (χ4v) is 1.91. The van der Waals surface area contributed by atoms with Gasteiger partial charge >= 0.3 is 0 Å². The maximum Gasteiger partial charge on any atom is 0.151 e. The Morgan fingerprint density at radius 2 is 2.00 bits per heavy atom. The molecular weight excluding hydrogens is 235 g/mol. The van der Waals surface area contributed by atoms with Crippen LogP contribution in [0.4, 0.5) is 4.39 Å². The number of rotatable bonds is 2. The zero-order chi connectivity index (χ0) is 10.8. The van der Waals surface area contributed by atoms with E-state index in [0.717, 1.165) is 11.4 Å². The van der Waals surface area contributed by atoms with Gasteiger partial charge in [0.25, 0.3) is 0 Å². The summed E-state index contributed by atoms with van der Waals surface area (Å²) < 4.78 is 14.5. The molecule has 15 heavy (non-hydrogen) atoms. The van der Waals surface area contributed by atoms with Gasteiger partial charge in [-0.2, -0.15) is 12.6 Å². The van der Waals surface area contributed by atoms with Crippen LogP contribution in [0.25, 0.3) is 5.69 Å². The van der Waals surface area contributed by atoms with Crippen molar-refractivity contribution in [3.05, 3.63) is 47.3 Å². The average Bonchev–Trinajstić information content (AvgIpc) is 2.61. The smallest absolute Gasteiger partial charge is 0.151 e. The van der Waals surface area contributed by atoms with Crippen LogP contribution in [0.3, 0.4) is 0 Å². The lowest BCUT2D eigenvalue weighted by molar-refractivity contribution is 0.627. The van der Waals surface area contributed by atoms with Crippen molar-refractivity contribution < 1.29 is 4.39 Å². The molecule has 1 heterocycles. The molecule has 78 valence electrons. The minimum atomic E-state index is -0.266. The van der Waals surface area contributed by atoms with Gasteiger partial charge in [0.1, 0.15) is 12.1 Å². The first-order chi connectivity index (χ1) is 7.22. The van der Waals surface area contributed by atoms with Crippen molar-refractivity contribution >= 4 is 24.2 Å². The number of thiol groups is 1. The van der Waals surface area contributed by atoms with E-state index in [0.29, 0.717) is 10.9 Å². The van der Waals surface area contributed by atoms with Gasteiger partial charge in [0, 0.05) is 11.4 Å². The van der Waals surface area contributed by atoms with Crippen LogP contribution in [-0.2, 0) is 5.75 Å². The van der Waals surface area contributed by atoms with Gasteiger partial charge in [-0.3, -0.25) is 0 Å². The normalized spacial score (nSPS) is 10.6. The lowest BCUT2D eigenvalue weighted by Crippen LogP contribution is -1.97. The topological polar surface area (TPSA) is 17.8 Å². The highest BCUT2D eigenvalue weighted by molar-refractivity contribution is 7.79. The summed E-state index contributed by atoms with van der Waals surface area (Å²) in [7, 11) is 0. The van der Waals surface area contributed by atoms with E-state index in [9.17, 15) is 4.39 Å². The highest BCUT2D eigenvalue weighted by Crippen LogP contribution is 2.20. The molecule has 0 aliphatic rings. The number of aromatic nitrogens is 2. The van der Waals surface area contributed by atoms with Crippen LogP contribution < -0.4 is 0 Å². The van der Waals surface area contributed by atoms with Gasteiger partial charge in [-0.25, -0.2) is 9.37 Å². The number of hydrogen-bond acceptors (Lipinski definition) is 2. The highest BCUT2D eigenvalue weighted by atomic mass is 35.5. The number of nitrogens with zero attached hydrogens (tertiary/aromatic N) is 2. The molecule has 0 aliphatic carbocycles. The molecule has 0 fully saturated rings. The molecule has 2 aromatic rings. The van der Waals surface area contributed by atoms with Gasteiger partial charge in [-0.05, 0) is 24.3 Å². The van der Waals surface area contributed by atoms with E-state index in [2.05, 4.69) is 17.6 Å². The fourth-order valence-electron chi connectivity index (χ4n) is 1.32. The van der Waals surface area contributed by atoms with Gasteiger partial charge in [-0.1, -0.05) is 11.6 Å². The van der Waals surface area contributed by atoms with Crippen molar-refractivity contribution in [2.24, 2.45) is 0 Å². The van der Waals surface area contributed by atoms with E-state index in [1.54, 1.807) is 23.0 Å². The molecule has 1 aromatic heterocycles. The summed E-state index contributed by atoms with van der Waals surface area (Å²) in [6.45, 7) is 0. The summed E-state index contributed by atoms with van der Waals surface area (Å²) >= 11 is 10.0. The number of benzene rings is 1. The number of halogens is 2. The third-order valence-corrected chi connectivity index (χ3v) is 2.69. The Hall–Kier alpha value is -1.000. The molecule has 0 radical (unpaired) electrons. The predicted octanol–water partition coefficient (Wildman–Crippen LogP) is 3.09. The van der Waals surface area contributed by atoms with Gasteiger partial charge in [-0.15, -0.1) is 0 Å². The Bertz CT molecular complexity index is 467. The second-order valence-corrected chi connectivity index (χ2v) is 3.66. The standard InChI is InChI=1S/C10H8ClFN2S/c11-10-9(5-15)14(6-13-10)8-3-1-7(12)2-4-8/h1-4,6,15H,5H2. The maximum atomic E-state index is 12.7. The molecule has 0 saturated carbocycles. The van der Waals surface area contributed by atoms with Gasteiger partial charge in [0.2, 0.25) is 0 Å². The third-order valence-electron chi connectivity index (χ3n) is 2.07. The van der Waals surface area contributed by atoms with Crippen LogP contribution in [0.2, 0.25) is 5.15 Å². The SMILES string of the molecule is Fc1ccc(-n2cnc(Cl)c2CS)cc1. The first kappa shape index (κ1) is 10.5. The molecule has 0 aliphatic heterocycles. The van der Waals surface area contributed by atoms with E-state index < -0.39 is 0 Å². The molecule has 0 spiro atoms. The Balaban J connectivity index is 2.49. The average molecular weight is 243 g/mol. The molecule has 1 aromatic carbocycles. The van der Waals surface area contributed by atoms with E-state index in [-0.39, 0.29) is 5.82 Å². The lowest BCUT2D eigenvalue weighted by atomic mass is 10.3. The van der Waals surface area contributed by atoms with Crippen LogP contribution in [0, 0.1) is 5.82 Å². The summed E-state index contributed by atoms with van der Waals surface area (Å²) in [4.78, 5) is 3.97. The molecule has 2 rings (SSSR count). The summed E-state index contributed by atoms with van der Waals surface area (Å²) in [6, 6.07) is 6.12. The third kappa shape index (κ3) is 2.01. The summed E-state index contributed by atoms with van der Waals surface area (Å²) in [5, 5.41) is 0.425. The van der Waals surface area contributed by atoms with Crippen molar-refractivity contribution in [3.63, 3.8) is 0 Å². The molecule has 0 unspecified atom stereocenters. The largest absolute Gasteiger partial charge is 0.301 e. The second-order valence-electron chi connectivity index (χ2n) is 2.99. The Morgan fingerprint density at radius 3 is 2.60 bits per heavy atom. The van der Waals surface area contributed by atoms with Crippen LogP contribution >= 0.6 is 24.2 Å². The summed E-state index contributed by atoms with van der Waals surface area (Å²) in [5.41, 5.74) is 1.62. The lowest BCUT2D eigenvalue weighted by Gasteiger charge is -2.05. The van der Waals surface area contributed by atoms with E-state index >= 15 is 0 Å². The highest BCUT2D eigenvalue weighted by Gasteiger charge is 2.08. The summed E-state index contributed by atoms with van der Waals surface area (Å²) in [6.07, 6.45) is 1.60. The van der Waals surface area contributed by atoms with Crippen LogP contribution in [-0.4, -0.2) is 9.55 Å².